The molecule has 0 aliphatic carbocycles. The molecule has 1 amide bonds. The van der Waals surface area contributed by atoms with Gasteiger partial charge in [0, 0.05) is 0 Å². The molecule has 4 heteroatoms. The average molecular weight is 156 g/mol. The number of amides is 1. The van der Waals surface area contributed by atoms with E-state index in [1.165, 1.54) is 6.41 Å². The van der Waals surface area contributed by atoms with Crippen LogP contribution in [0.5, 0.6) is 0 Å². The summed E-state index contributed by atoms with van der Waals surface area (Å²) in [6.07, 6.45) is 1.06. The van der Waals surface area contributed by atoms with Crippen LogP contribution in [0.15, 0.2) is 25.3 Å². The van der Waals surface area contributed by atoms with Crippen molar-refractivity contribution in [2.24, 2.45) is 0 Å². The van der Waals surface area contributed by atoms with Gasteiger partial charge in [0.15, 0.2) is 12.5 Å². The fourth-order valence-corrected chi connectivity index (χ4v) is 0.492. The maximum Gasteiger partial charge on any atom is 0.316 e. The zero-order chi connectivity index (χ0) is 8.85. The summed E-state index contributed by atoms with van der Waals surface area (Å²) in [5.41, 5.74) is 0. The molecule has 2 atom stereocenters. The first kappa shape index (κ1) is 9.87. The molecule has 0 bridgehead atoms. The maximum absolute atomic E-state index is 10.1. The van der Waals surface area contributed by atoms with Gasteiger partial charge < -0.3 is 10.2 Å². The molecule has 0 heterocycles. The highest BCUT2D eigenvalue weighted by atomic mass is 16.3. The van der Waals surface area contributed by atoms with E-state index in [9.17, 15) is 4.79 Å². The van der Waals surface area contributed by atoms with Crippen molar-refractivity contribution in [2.45, 2.75) is 12.5 Å². The van der Waals surface area contributed by atoms with Crippen molar-refractivity contribution in [3.63, 3.8) is 0 Å². The van der Waals surface area contributed by atoms with Crippen LogP contribution in [-0.4, -0.2) is 34.0 Å². The zero-order valence-corrected chi connectivity index (χ0v) is 5.97. The third-order valence-corrected chi connectivity index (χ3v) is 1.10. The molecule has 0 aromatic heterocycles. The summed E-state index contributed by atoms with van der Waals surface area (Å²) in [5, 5.41) is 17.9. The van der Waals surface area contributed by atoms with Crippen LogP contribution in [0.1, 0.15) is 0 Å². The van der Waals surface area contributed by atoms with Crippen molar-refractivity contribution >= 4 is 6.41 Å². The van der Waals surface area contributed by atoms with Gasteiger partial charge in [-0.1, -0.05) is 13.2 Å². The molecule has 0 rings (SSSR count). The van der Waals surface area contributed by atoms with Gasteiger partial charge in [0.25, 0.3) is 0 Å². The summed E-state index contributed by atoms with van der Waals surface area (Å²) in [4.78, 5) is 10.7. The first-order valence-electron chi connectivity index (χ1n) is 2.94. The fraction of sp³-hybridized carbons (Fsp3) is 0.286. The lowest BCUT2D eigenvalue weighted by Gasteiger charge is -2.22. The predicted octanol–water partition coefficient (Wildman–Crippen LogP) is -0.636. The van der Waals surface area contributed by atoms with Crippen molar-refractivity contribution in [1.82, 2.24) is 4.90 Å². The van der Waals surface area contributed by atoms with Crippen molar-refractivity contribution in [3.05, 3.63) is 25.3 Å². The van der Waals surface area contributed by atoms with E-state index in [1.54, 1.807) is 0 Å². The molecule has 4 nitrogen and oxygen atoms in total. The molecule has 0 spiro atoms. The van der Waals surface area contributed by atoms with Crippen molar-refractivity contribution in [1.29, 1.82) is 0 Å². The molecule has 0 saturated heterocycles. The Morgan fingerprint density at radius 2 is 1.64 bits per heavy atom. The van der Waals surface area contributed by atoms with Crippen LogP contribution in [-0.2, 0) is 4.79 Å². The van der Waals surface area contributed by atoms with Crippen LogP contribution < -0.4 is 0 Å². The topological polar surface area (TPSA) is 60.8 Å². The molecule has 61 valence electrons. The largest absolute Gasteiger partial charge is 0.370 e. The monoisotopic (exact) mass is 156 g/mol. The van der Waals surface area contributed by atoms with Gasteiger partial charge in [-0.05, 0) is 12.2 Å². The number of rotatable bonds is 5. The van der Waals surface area contributed by atoms with Crippen LogP contribution in [0, 0.1) is 0 Å². The van der Waals surface area contributed by atoms with E-state index in [1.807, 2.05) is 0 Å². The van der Waals surface area contributed by atoms with E-state index < -0.39 is 12.5 Å². The van der Waals surface area contributed by atoms with Crippen LogP contribution in [0.3, 0.4) is 0 Å². The molecule has 0 aliphatic heterocycles. The highest BCUT2D eigenvalue weighted by Crippen LogP contribution is 1.99. The Morgan fingerprint density at radius 3 is 1.82 bits per heavy atom. The second-order valence-electron chi connectivity index (χ2n) is 1.80. The molecule has 0 aromatic carbocycles. The first-order chi connectivity index (χ1) is 5.17. The van der Waals surface area contributed by atoms with Gasteiger partial charge in [-0.15, -0.1) is 0 Å². The Hall–Kier alpha value is -1.13. The molecule has 11 heavy (non-hydrogen) atoms. The van der Waals surface area contributed by atoms with Gasteiger partial charge >= 0.3 is 6.41 Å². The number of nitrogens with zero attached hydrogens (tertiary/aromatic N) is 1. The van der Waals surface area contributed by atoms with Crippen LogP contribution >= 0.6 is 0 Å². The quantitative estimate of drug-likeness (QED) is 0.316. The minimum atomic E-state index is -1.24. The fourth-order valence-electron chi connectivity index (χ4n) is 0.492. The Balaban J connectivity index is 4.24. The number of hydrogen-bond acceptors (Lipinski definition) is 3. The van der Waals surface area contributed by atoms with Gasteiger partial charge in [-0.25, -0.2) is 0 Å². The summed E-state index contributed by atoms with van der Waals surface area (Å²) >= 11 is 0. The smallest absolute Gasteiger partial charge is 0.316 e. The average Bonchev–Trinajstić information content (AvgIpc) is 2.05. The van der Waals surface area contributed by atoms with E-state index >= 15 is 0 Å². The molecule has 0 saturated carbocycles. The Bertz CT molecular complexity index is 144. The standard InChI is InChI=1S/C7H10NO3/c1-3-6(10)8(5-9)7(11)4-2/h3-4,6-7,10-11H,1-2H2. The van der Waals surface area contributed by atoms with E-state index in [2.05, 4.69) is 13.2 Å². The normalized spacial score (nSPS) is 14.7. The van der Waals surface area contributed by atoms with Crippen molar-refractivity contribution < 1.29 is 15.0 Å². The summed E-state index contributed by atoms with van der Waals surface area (Å²) in [6.45, 7) is 6.46. The summed E-state index contributed by atoms with van der Waals surface area (Å²) in [6, 6.07) is 0. The number of hydrogen-bond donors (Lipinski definition) is 2. The molecule has 1 radical (unpaired) electrons. The zero-order valence-electron chi connectivity index (χ0n) is 5.97. The Morgan fingerprint density at radius 1 is 1.27 bits per heavy atom. The maximum atomic E-state index is 10.1. The second-order valence-corrected chi connectivity index (χ2v) is 1.80. The Labute approximate surface area is 65.1 Å². The number of aliphatic hydroxyl groups excluding tert-OH is 2. The van der Waals surface area contributed by atoms with E-state index in [-0.39, 0.29) is 0 Å². The number of aliphatic hydroxyl groups is 2. The molecule has 2 unspecified atom stereocenters. The lowest BCUT2D eigenvalue weighted by molar-refractivity contribution is -0.00604. The third kappa shape index (κ3) is 2.53. The molecular weight excluding hydrogens is 146 g/mol. The van der Waals surface area contributed by atoms with Crippen LogP contribution in [0.2, 0.25) is 0 Å². The van der Waals surface area contributed by atoms with Gasteiger partial charge in [0.2, 0.25) is 0 Å². The van der Waals surface area contributed by atoms with E-state index in [4.69, 9.17) is 10.2 Å². The van der Waals surface area contributed by atoms with Gasteiger partial charge in [-0.2, -0.15) is 0 Å². The summed E-state index contributed by atoms with van der Waals surface area (Å²) < 4.78 is 0. The molecular formula is C7H10NO3. The van der Waals surface area contributed by atoms with Gasteiger partial charge in [0.1, 0.15) is 0 Å². The molecule has 0 fully saturated rings. The minimum absolute atomic E-state index is 0.639. The minimum Gasteiger partial charge on any atom is -0.370 e. The second kappa shape index (κ2) is 4.65. The van der Waals surface area contributed by atoms with E-state index in [0.717, 1.165) is 12.2 Å². The van der Waals surface area contributed by atoms with Crippen LogP contribution in [0.25, 0.3) is 0 Å². The molecule has 2 N–H and O–H groups in total. The summed E-state index contributed by atoms with van der Waals surface area (Å²) in [5.74, 6) is 0. The van der Waals surface area contributed by atoms with Gasteiger partial charge in [0.05, 0.1) is 0 Å². The lowest BCUT2D eigenvalue weighted by Crippen LogP contribution is -2.39. The van der Waals surface area contributed by atoms with E-state index in [0.29, 0.717) is 4.90 Å². The highest BCUT2D eigenvalue weighted by Gasteiger charge is 2.16. The lowest BCUT2D eigenvalue weighted by atomic mass is 10.4. The Kier molecular flexibility index (Phi) is 4.17. The molecule has 0 aliphatic rings. The van der Waals surface area contributed by atoms with Gasteiger partial charge in [-0.3, -0.25) is 9.69 Å². The van der Waals surface area contributed by atoms with Crippen molar-refractivity contribution in [2.75, 3.05) is 0 Å². The highest BCUT2D eigenvalue weighted by molar-refractivity contribution is 5.49. The van der Waals surface area contributed by atoms with Crippen molar-refractivity contribution in [3.8, 4) is 0 Å². The molecule has 0 aromatic rings. The first-order valence-corrected chi connectivity index (χ1v) is 2.94. The summed E-state index contributed by atoms with van der Waals surface area (Å²) in [7, 11) is 0. The van der Waals surface area contributed by atoms with Crippen LogP contribution in [0.4, 0.5) is 0 Å². The predicted molar refractivity (Wildman–Crippen MR) is 39.9 cm³/mol. The third-order valence-electron chi connectivity index (χ3n) is 1.10. The number of carbonyl (C=O) groups excluding carboxylic acids is 1. The SMILES string of the molecule is C=CC(O)N([C]=O)C(O)C=C.